The Hall–Kier alpha value is -2.24. The number of amides is 2. The summed E-state index contributed by atoms with van der Waals surface area (Å²) in [6.07, 6.45) is 1.19. The summed E-state index contributed by atoms with van der Waals surface area (Å²) in [7, 11) is 1.61. The van der Waals surface area contributed by atoms with Crippen molar-refractivity contribution in [3.8, 4) is 11.5 Å². The normalized spacial score (nSPS) is 15.3. The van der Waals surface area contributed by atoms with Gasteiger partial charge >= 0.3 is 0 Å². The van der Waals surface area contributed by atoms with Crippen LogP contribution < -0.4 is 20.1 Å². The summed E-state index contributed by atoms with van der Waals surface area (Å²) >= 11 is 0. The Bertz CT molecular complexity index is 586. The van der Waals surface area contributed by atoms with Crippen LogP contribution in [0.5, 0.6) is 11.5 Å². The zero-order valence-electron chi connectivity index (χ0n) is 14.8. The standard InChI is InChI=1S/C18H26N2O4/c1-17(2,3)20-16(22)18(9-10-18)15(21)19-11-12-24-14-7-5-13(23-4)6-8-14/h5-8H,9-12H2,1-4H3,(H,19,21)(H,20,22). The van der Waals surface area contributed by atoms with Gasteiger partial charge in [0.15, 0.2) is 0 Å². The van der Waals surface area contributed by atoms with Gasteiger partial charge in [0.25, 0.3) is 0 Å². The lowest BCUT2D eigenvalue weighted by molar-refractivity contribution is -0.138. The molecule has 0 atom stereocenters. The molecule has 2 rings (SSSR count). The highest BCUT2D eigenvalue weighted by atomic mass is 16.5. The highest BCUT2D eigenvalue weighted by Gasteiger charge is 2.56. The number of carbonyl (C=O) groups is 2. The number of hydrogen-bond acceptors (Lipinski definition) is 4. The Morgan fingerprint density at radius 1 is 1.08 bits per heavy atom. The number of methoxy groups -OCH3 is 1. The van der Waals surface area contributed by atoms with Crippen molar-refractivity contribution in [3.05, 3.63) is 24.3 Å². The van der Waals surface area contributed by atoms with Crippen LogP contribution in [0.1, 0.15) is 33.6 Å². The summed E-state index contributed by atoms with van der Waals surface area (Å²) in [5, 5.41) is 5.68. The highest BCUT2D eigenvalue weighted by molar-refractivity contribution is 6.08. The molecule has 24 heavy (non-hydrogen) atoms. The molecular formula is C18H26N2O4. The Morgan fingerprint density at radius 2 is 1.67 bits per heavy atom. The zero-order chi connectivity index (χ0) is 17.8. The lowest BCUT2D eigenvalue weighted by Crippen LogP contribution is -2.49. The fraction of sp³-hybridized carbons (Fsp3) is 0.556. The molecule has 2 N–H and O–H groups in total. The van der Waals surface area contributed by atoms with Gasteiger partial charge in [-0.15, -0.1) is 0 Å². The van der Waals surface area contributed by atoms with Gasteiger partial charge in [-0.1, -0.05) is 0 Å². The summed E-state index contributed by atoms with van der Waals surface area (Å²) < 4.78 is 10.6. The minimum Gasteiger partial charge on any atom is -0.497 e. The van der Waals surface area contributed by atoms with E-state index >= 15 is 0 Å². The average molecular weight is 334 g/mol. The van der Waals surface area contributed by atoms with Gasteiger partial charge in [-0.25, -0.2) is 0 Å². The number of ether oxygens (including phenoxy) is 2. The monoisotopic (exact) mass is 334 g/mol. The van der Waals surface area contributed by atoms with E-state index in [-0.39, 0.29) is 17.4 Å². The fourth-order valence-electron chi connectivity index (χ4n) is 2.32. The molecule has 0 aliphatic heterocycles. The fourth-order valence-corrected chi connectivity index (χ4v) is 2.32. The predicted molar refractivity (Wildman–Crippen MR) is 91.1 cm³/mol. The number of benzene rings is 1. The van der Waals surface area contributed by atoms with E-state index in [2.05, 4.69) is 10.6 Å². The summed E-state index contributed by atoms with van der Waals surface area (Å²) in [5.74, 6) is 1.05. The first-order valence-electron chi connectivity index (χ1n) is 8.15. The van der Waals surface area contributed by atoms with Crippen molar-refractivity contribution >= 4 is 11.8 Å². The molecule has 1 fully saturated rings. The topological polar surface area (TPSA) is 76.7 Å². The van der Waals surface area contributed by atoms with Crippen LogP contribution in [0.2, 0.25) is 0 Å². The maximum Gasteiger partial charge on any atom is 0.236 e. The summed E-state index contributed by atoms with van der Waals surface area (Å²) in [6.45, 7) is 6.41. The van der Waals surface area contributed by atoms with Crippen LogP contribution in [0.25, 0.3) is 0 Å². The van der Waals surface area contributed by atoms with Crippen molar-refractivity contribution < 1.29 is 19.1 Å². The maximum atomic E-state index is 12.3. The van der Waals surface area contributed by atoms with Gasteiger partial charge in [-0.3, -0.25) is 9.59 Å². The molecule has 0 bridgehead atoms. The van der Waals surface area contributed by atoms with Gasteiger partial charge in [0.1, 0.15) is 23.5 Å². The molecule has 0 unspecified atom stereocenters. The summed E-state index contributed by atoms with van der Waals surface area (Å²) in [4.78, 5) is 24.6. The molecule has 1 aliphatic carbocycles. The maximum absolute atomic E-state index is 12.3. The molecule has 1 saturated carbocycles. The Labute approximate surface area is 142 Å². The molecule has 1 aliphatic rings. The SMILES string of the molecule is COc1ccc(OCCNC(=O)C2(C(=O)NC(C)(C)C)CC2)cc1. The van der Waals surface area contributed by atoms with Gasteiger partial charge in [0.2, 0.25) is 11.8 Å². The third kappa shape index (κ3) is 4.63. The largest absolute Gasteiger partial charge is 0.497 e. The second kappa shape index (κ2) is 7.11. The van der Waals surface area contributed by atoms with E-state index in [1.54, 1.807) is 19.2 Å². The predicted octanol–water partition coefficient (Wildman–Crippen LogP) is 1.89. The van der Waals surface area contributed by atoms with Crippen LogP contribution in [-0.2, 0) is 9.59 Å². The molecule has 0 spiro atoms. The second-order valence-corrected chi connectivity index (χ2v) is 7.07. The number of nitrogens with one attached hydrogen (secondary N) is 2. The smallest absolute Gasteiger partial charge is 0.236 e. The average Bonchev–Trinajstić information content (AvgIpc) is 3.32. The molecule has 0 saturated heterocycles. The summed E-state index contributed by atoms with van der Waals surface area (Å²) in [6, 6.07) is 7.23. The van der Waals surface area contributed by atoms with Crippen molar-refractivity contribution in [2.24, 2.45) is 5.41 Å². The van der Waals surface area contributed by atoms with Gasteiger partial charge in [0, 0.05) is 5.54 Å². The molecule has 6 nitrogen and oxygen atoms in total. The molecule has 0 radical (unpaired) electrons. The Morgan fingerprint density at radius 3 is 2.17 bits per heavy atom. The molecule has 132 valence electrons. The Balaban J connectivity index is 1.75. The molecule has 0 aromatic heterocycles. The van der Waals surface area contributed by atoms with E-state index in [4.69, 9.17) is 9.47 Å². The second-order valence-electron chi connectivity index (χ2n) is 7.07. The third-order valence-electron chi connectivity index (χ3n) is 3.82. The van der Waals surface area contributed by atoms with E-state index in [0.29, 0.717) is 31.7 Å². The molecule has 6 heteroatoms. The quantitative estimate of drug-likeness (QED) is 0.590. The zero-order valence-corrected chi connectivity index (χ0v) is 14.8. The number of rotatable bonds is 7. The van der Waals surface area contributed by atoms with Crippen molar-refractivity contribution in [2.75, 3.05) is 20.3 Å². The Kier molecular flexibility index (Phi) is 5.36. The molecular weight excluding hydrogens is 308 g/mol. The minimum absolute atomic E-state index is 0.191. The van der Waals surface area contributed by atoms with Gasteiger partial charge in [0.05, 0.1) is 13.7 Å². The van der Waals surface area contributed by atoms with E-state index in [0.717, 1.165) is 5.75 Å². The molecule has 0 heterocycles. The van der Waals surface area contributed by atoms with Gasteiger partial charge in [-0.2, -0.15) is 0 Å². The van der Waals surface area contributed by atoms with E-state index in [9.17, 15) is 9.59 Å². The molecule has 2 amide bonds. The van der Waals surface area contributed by atoms with Crippen LogP contribution in [0.4, 0.5) is 0 Å². The van der Waals surface area contributed by atoms with Crippen molar-refractivity contribution in [1.29, 1.82) is 0 Å². The first-order chi connectivity index (χ1) is 11.3. The van der Waals surface area contributed by atoms with Crippen LogP contribution >= 0.6 is 0 Å². The van der Waals surface area contributed by atoms with E-state index in [1.807, 2.05) is 32.9 Å². The third-order valence-corrected chi connectivity index (χ3v) is 3.82. The summed E-state index contributed by atoms with van der Waals surface area (Å²) in [5.41, 5.74) is -1.24. The van der Waals surface area contributed by atoms with Crippen LogP contribution in [0.3, 0.4) is 0 Å². The van der Waals surface area contributed by atoms with Crippen molar-refractivity contribution in [1.82, 2.24) is 10.6 Å². The van der Waals surface area contributed by atoms with Gasteiger partial charge in [-0.05, 0) is 57.9 Å². The van der Waals surface area contributed by atoms with Crippen LogP contribution in [0.15, 0.2) is 24.3 Å². The highest BCUT2D eigenvalue weighted by Crippen LogP contribution is 2.46. The van der Waals surface area contributed by atoms with Crippen LogP contribution in [-0.4, -0.2) is 37.6 Å². The molecule has 1 aromatic carbocycles. The van der Waals surface area contributed by atoms with Gasteiger partial charge < -0.3 is 20.1 Å². The number of carbonyl (C=O) groups excluding carboxylic acids is 2. The minimum atomic E-state index is -0.895. The van der Waals surface area contributed by atoms with Crippen molar-refractivity contribution in [3.63, 3.8) is 0 Å². The van der Waals surface area contributed by atoms with Crippen molar-refractivity contribution in [2.45, 2.75) is 39.2 Å². The first kappa shape index (κ1) is 18.1. The van der Waals surface area contributed by atoms with E-state index in [1.165, 1.54) is 0 Å². The first-order valence-corrected chi connectivity index (χ1v) is 8.15. The number of hydrogen-bond donors (Lipinski definition) is 2. The lowest BCUT2D eigenvalue weighted by Gasteiger charge is -2.24. The van der Waals surface area contributed by atoms with E-state index < -0.39 is 5.41 Å². The lowest BCUT2D eigenvalue weighted by atomic mass is 10.0. The molecule has 1 aromatic rings. The van der Waals surface area contributed by atoms with Crippen LogP contribution in [0, 0.1) is 5.41 Å².